The maximum absolute atomic E-state index is 13.5. The standard InChI is InChI=1S/C22H26N2O3/c1-12-9-13(2)20-17(10-12)18(11-19(23-20)15-6-7-15)21(25)24-8-4-5-16(14(24)3)22(26)27/h9-11,14-16H,4-8H2,1-3H3,(H,26,27)/t14-,16-/m1/s1. The minimum absolute atomic E-state index is 0.0623. The Morgan fingerprint density at radius 3 is 2.56 bits per heavy atom. The smallest absolute Gasteiger partial charge is 0.308 e. The van der Waals surface area contributed by atoms with E-state index in [-0.39, 0.29) is 11.9 Å². The lowest BCUT2D eigenvalue weighted by molar-refractivity contribution is -0.144. The molecule has 1 N–H and O–H groups in total. The largest absolute Gasteiger partial charge is 0.481 e. The molecule has 2 aromatic rings. The Labute approximate surface area is 159 Å². The molecular weight excluding hydrogens is 340 g/mol. The second-order valence-electron chi connectivity index (χ2n) is 8.17. The Balaban J connectivity index is 1.82. The van der Waals surface area contributed by atoms with Gasteiger partial charge in [-0.2, -0.15) is 0 Å². The van der Waals surface area contributed by atoms with Crippen LogP contribution in [0.1, 0.15) is 65.7 Å². The summed E-state index contributed by atoms with van der Waals surface area (Å²) >= 11 is 0. The zero-order valence-corrected chi connectivity index (χ0v) is 16.2. The molecule has 2 fully saturated rings. The Morgan fingerprint density at radius 2 is 1.89 bits per heavy atom. The van der Waals surface area contributed by atoms with Crippen LogP contribution in [-0.2, 0) is 4.79 Å². The molecule has 5 nitrogen and oxygen atoms in total. The van der Waals surface area contributed by atoms with Gasteiger partial charge in [-0.15, -0.1) is 0 Å². The van der Waals surface area contributed by atoms with Gasteiger partial charge in [0.25, 0.3) is 5.91 Å². The molecule has 0 radical (unpaired) electrons. The highest BCUT2D eigenvalue weighted by Crippen LogP contribution is 2.41. The molecule has 5 heteroatoms. The van der Waals surface area contributed by atoms with E-state index in [9.17, 15) is 14.7 Å². The monoisotopic (exact) mass is 366 g/mol. The molecular formula is C22H26N2O3. The van der Waals surface area contributed by atoms with Crippen molar-refractivity contribution in [2.75, 3.05) is 6.54 Å². The Hall–Kier alpha value is -2.43. The van der Waals surface area contributed by atoms with Crippen molar-refractivity contribution in [2.45, 2.75) is 58.4 Å². The molecule has 2 atom stereocenters. The molecule has 2 aliphatic rings. The number of aromatic nitrogens is 1. The van der Waals surface area contributed by atoms with Gasteiger partial charge in [-0.3, -0.25) is 14.6 Å². The van der Waals surface area contributed by atoms with Gasteiger partial charge in [-0.25, -0.2) is 0 Å². The summed E-state index contributed by atoms with van der Waals surface area (Å²) in [6.45, 7) is 6.53. The molecule has 1 aromatic heterocycles. The number of pyridine rings is 1. The van der Waals surface area contributed by atoms with Crippen molar-refractivity contribution in [3.05, 3.63) is 40.6 Å². The van der Waals surface area contributed by atoms with Crippen molar-refractivity contribution in [1.82, 2.24) is 9.88 Å². The van der Waals surface area contributed by atoms with Crippen molar-refractivity contribution >= 4 is 22.8 Å². The highest BCUT2D eigenvalue weighted by molar-refractivity contribution is 6.07. The minimum Gasteiger partial charge on any atom is -0.481 e. The SMILES string of the molecule is Cc1cc(C)c2nc(C3CC3)cc(C(=O)N3CCC[C@@H](C(=O)O)[C@H]3C)c2c1. The third-order valence-corrected chi connectivity index (χ3v) is 6.06. The molecule has 0 unspecified atom stereocenters. The fourth-order valence-electron chi connectivity index (χ4n) is 4.38. The number of hydrogen-bond donors (Lipinski definition) is 1. The Morgan fingerprint density at radius 1 is 1.15 bits per heavy atom. The van der Waals surface area contributed by atoms with Crippen molar-refractivity contribution in [1.29, 1.82) is 0 Å². The summed E-state index contributed by atoms with van der Waals surface area (Å²) in [7, 11) is 0. The molecule has 1 saturated heterocycles. The third kappa shape index (κ3) is 3.20. The molecule has 0 spiro atoms. The predicted molar refractivity (Wildman–Crippen MR) is 104 cm³/mol. The van der Waals surface area contributed by atoms with Gasteiger partial charge in [-0.1, -0.05) is 11.6 Å². The molecule has 0 bridgehead atoms. The number of fused-ring (bicyclic) bond motifs is 1. The van der Waals surface area contributed by atoms with Crippen LogP contribution in [0.3, 0.4) is 0 Å². The second kappa shape index (κ2) is 6.63. The number of carboxylic acid groups (broad SMARTS) is 1. The average Bonchev–Trinajstić information content (AvgIpc) is 3.45. The summed E-state index contributed by atoms with van der Waals surface area (Å²) < 4.78 is 0. The van der Waals surface area contributed by atoms with Gasteiger partial charge in [0.15, 0.2) is 0 Å². The Bertz CT molecular complexity index is 933. The lowest BCUT2D eigenvalue weighted by Crippen LogP contribution is -2.49. The van der Waals surface area contributed by atoms with Gasteiger partial charge in [0.2, 0.25) is 0 Å². The topological polar surface area (TPSA) is 70.5 Å². The number of amides is 1. The van der Waals surface area contributed by atoms with Crippen LogP contribution in [0.5, 0.6) is 0 Å². The first-order chi connectivity index (χ1) is 12.9. The van der Waals surface area contributed by atoms with E-state index < -0.39 is 11.9 Å². The lowest BCUT2D eigenvalue weighted by atomic mass is 9.89. The van der Waals surface area contributed by atoms with E-state index in [1.54, 1.807) is 4.90 Å². The summed E-state index contributed by atoms with van der Waals surface area (Å²) in [5, 5.41) is 10.4. The molecule has 1 aliphatic carbocycles. The number of likely N-dealkylation sites (tertiary alicyclic amines) is 1. The van der Waals surface area contributed by atoms with Gasteiger partial charge in [0.1, 0.15) is 0 Å². The average molecular weight is 366 g/mol. The molecule has 4 rings (SSSR count). The predicted octanol–water partition coefficient (Wildman–Crippen LogP) is 4.05. The number of carbonyl (C=O) groups is 2. The Kier molecular flexibility index (Phi) is 4.41. The molecule has 1 amide bonds. The van der Waals surface area contributed by atoms with Crippen molar-refractivity contribution < 1.29 is 14.7 Å². The second-order valence-corrected chi connectivity index (χ2v) is 8.17. The fraction of sp³-hybridized carbons (Fsp3) is 0.500. The van der Waals surface area contributed by atoms with Gasteiger partial charge in [0, 0.05) is 29.6 Å². The van der Waals surface area contributed by atoms with E-state index >= 15 is 0 Å². The van der Waals surface area contributed by atoms with E-state index in [2.05, 4.69) is 6.07 Å². The normalized spacial score (nSPS) is 22.9. The van der Waals surface area contributed by atoms with Gasteiger partial charge in [-0.05, 0) is 64.2 Å². The first kappa shape index (κ1) is 18.0. The zero-order chi connectivity index (χ0) is 19.3. The van der Waals surface area contributed by atoms with Crippen LogP contribution in [0.15, 0.2) is 18.2 Å². The van der Waals surface area contributed by atoms with Crippen LogP contribution in [0, 0.1) is 19.8 Å². The van der Waals surface area contributed by atoms with E-state index in [4.69, 9.17) is 4.98 Å². The summed E-state index contributed by atoms with van der Waals surface area (Å²) in [5.41, 5.74) is 4.75. The number of benzene rings is 1. The summed E-state index contributed by atoms with van der Waals surface area (Å²) in [5.74, 6) is -0.924. The summed E-state index contributed by atoms with van der Waals surface area (Å²) in [6.07, 6.45) is 3.60. The van der Waals surface area contributed by atoms with Crippen LogP contribution in [0.2, 0.25) is 0 Å². The first-order valence-electron chi connectivity index (χ1n) is 9.82. The number of nitrogens with zero attached hydrogens (tertiary/aromatic N) is 2. The maximum atomic E-state index is 13.5. The highest BCUT2D eigenvalue weighted by atomic mass is 16.4. The number of carboxylic acids is 1. The zero-order valence-electron chi connectivity index (χ0n) is 16.2. The number of piperidine rings is 1. The van der Waals surface area contributed by atoms with Gasteiger partial charge in [0.05, 0.1) is 17.0 Å². The number of aryl methyl sites for hydroxylation is 2. The molecule has 1 aliphatic heterocycles. The van der Waals surface area contributed by atoms with Crippen molar-refractivity contribution in [3.63, 3.8) is 0 Å². The minimum atomic E-state index is -0.815. The van der Waals surface area contributed by atoms with E-state index in [1.165, 1.54) is 0 Å². The highest BCUT2D eigenvalue weighted by Gasteiger charge is 2.36. The summed E-state index contributed by atoms with van der Waals surface area (Å²) in [6, 6.07) is 5.78. The number of rotatable bonds is 3. The van der Waals surface area contributed by atoms with Crippen LogP contribution < -0.4 is 0 Å². The van der Waals surface area contributed by atoms with Crippen LogP contribution >= 0.6 is 0 Å². The quantitative estimate of drug-likeness (QED) is 0.889. The van der Waals surface area contributed by atoms with Crippen LogP contribution in [0.4, 0.5) is 0 Å². The van der Waals surface area contributed by atoms with E-state index in [0.29, 0.717) is 24.4 Å². The molecule has 142 valence electrons. The van der Waals surface area contributed by atoms with Crippen LogP contribution in [0.25, 0.3) is 10.9 Å². The van der Waals surface area contributed by atoms with E-state index in [1.807, 2.05) is 32.9 Å². The fourth-order valence-corrected chi connectivity index (χ4v) is 4.38. The summed E-state index contributed by atoms with van der Waals surface area (Å²) in [4.78, 5) is 31.7. The number of carbonyl (C=O) groups excluding carboxylic acids is 1. The molecule has 1 saturated carbocycles. The third-order valence-electron chi connectivity index (χ3n) is 6.06. The van der Waals surface area contributed by atoms with Gasteiger partial charge >= 0.3 is 5.97 Å². The van der Waals surface area contributed by atoms with Gasteiger partial charge < -0.3 is 10.0 Å². The lowest BCUT2D eigenvalue weighted by Gasteiger charge is -2.37. The maximum Gasteiger partial charge on any atom is 0.308 e. The first-order valence-corrected chi connectivity index (χ1v) is 9.82. The van der Waals surface area contributed by atoms with E-state index in [0.717, 1.165) is 47.0 Å². The van der Waals surface area contributed by atoms with Crippen LogP contribution in [-0.4, -0.2) is 39.5 Å². The molecule has 1 aromatic carbocycles. The van der Waals surface area contributed by atoms with Crippen molar-refractivity contribution in [3.8, 4) is 0 Å². The van der Waals surface area contributed by atoms with Crippen molar-refractivity contribution in [2.24, 2.45) is 5.92 Å². The number of hydrogen-bond acceptors (Lipinski definition) is 3. The molecule has 2 heterocycles. The molecule has 27 heavy (non-hydrogen) atoms. The number of aliphatic carboxylic acids is 1.